The minimum Gasteiger partial charge on any atom is -0.444 e. The van der Waals surface area contributed by atoms with E-state index in [1.165, 1.54) is 0 Å². The lowest BCUT2D eigenvalue weighted by Crippen LogP contribution is -2.49. The van der Waals surface area contributed by atoms with Gasteiger partial charge in [0.05, 0.1) is 6.04 Å². The van der Waals surface area contributed by atoms with E-state index in [0.717, 1.165) is 25.8 Å². The highest BCUT2D eigenvalue weighted by atomic mass is 16.6. The van der Waals surface area contributed by atoms with Crippen LogP contribution in [0.2, 0.25) is 0 Å². The summed E-state index contributed by atoms with van der Waals surface area (Å²) < 4.78 is 5.36. The predicted molar refractivity (Wildman–Crippen MR) is 75.1 cm³/mol. The molecule has 2 fully saturated rings. The molecule has 0 aromatic carbocycles. The van der Waals surface area contributed by atoms with Crippen LogP contribution >= 0.6 is 0 Å². The molecule has 1 atom stereocenters. The first kappa shape index (κ1) is 15.1. The zero-order chi connectivity index (χ0) is 14.9. The molecule has 0 aliphatic carbocycles. The van der Waals surface area contributed by atoms with E-state index >= 15 is 0 Å². The topological polar surface area (TPSA) is 75.9 Å². The van der Waals surface area contributed by atoms with Gasteiger partial charge in [-0.2, -0.15) is 0 Å². The number of hydrogen-bond acceptors (Lipinski definition) is 4. The largest absolute Gasteiger partial charge is 0.444 e. The quantitative estimate of drug-likeness (QED) is 0.777. The van der Waals surface area contributed by atoms with Gasteiger partial charge in [0.2, 0.25) is 5.91 Å². The van der Waals surface area contributed by atoms with Crippen molar-refractivity contribution in [2.75, 3.05) is 19.6 Å². The molecule has 2 amide bonds. The number of rotatable bonds is 1. The molecule has 2 aliphatic rings. The van der Waals surface area contributed by atoms with E-state index in [-0.39, 0.29) is 24.1 Å². The van der Waals surface area contributed by atoms with Gasteiger partial charge in [0.25, 0.3) is 0 Å². The van der Waals surface area contributed by atoms with Crippen LogP contribution in [0.15, 0.2) is 0 Å². The van der Waals surface area contributed by atoms with Crippen molar-refractivity contribution in [3.05, 3.63) is 0 Å². The fourth-order valence-corrected chi connectivity index (χ4v) is 2.77. The minimum absolute atomic E-state index is 0.0562. The van der Waals surface area contributed by atoms with Crippen LogP contribution in [0.3, 0.4) is 0 Å². The standard InChI is InChI=1S/C14H25N3O3/c1-14(2,3)20-13(19)16-7-4-10(5-8-16)17-9-6-11(15)12(17)18/h10-11H,4-9,15H2,1-3H3/t11-/m0/s1. The Kier molecular flexibility index (Phi) is 4.22. The maximum absolute atomic E-state index is 12.0. The van der Waals surface area contributed by atoms with Crippen molar-refractivity contribution >= 4 is 12.0 Å². The Labute approximate surface area is 120 Å². The summed E-state index contributed by atoms with van der Waals surface area (Å²) in [5.74, 6) is 0.0562. The molecule has 2 aliphatic heterocycles. The molecule has 2 N–H and O–H groups in total. The van der Waals surface area contributed by atoms with Gasteiger partial charge >= 0.3 is 6.09 Å². The van der Waals surface area contributed by atoms with Crippen molar-refractivity contribution in [3.63, 3.8) is 0 Å². The molecular formula is C14H25N3O3. The van der Waals surface area contributed by atoms with Crippen LogP contribution in [0.25, 0.3) is 0 Å². The van der Waals surface area contributed by atoms with Crippen molar-refractivity contribution in [3.8, 4) is 0 Å². The van der Waals surface area contributed by atoms with Crippen molar-refractivity contribution in [1.29, 1.82) is 0 Å². The van der Waals surface area contributed by atoms with Gasteiger partial charge < -0.3 is 20.3 Å². The Morgan fingerprint density at radius 2 is 1.80 bits per heavy atom. The number of ether oxygens (including phenoxy) is 1. The smallest absolute Gasteiger partial charge is 0.410 e. The van der Waals surface area contributed by atoms with Crippen LogP contribution in [0.1, 0.15) is 40.0 Å². The number of carbonyl (C=O) groups is 2. The van der Waals surface area contributed by atoms with Gasteiger partial charge in [-0.3, -0.25) is 4.79 Å². The molecule has 0 unspecified atom stereocenters. The first-order valence-electron chi connectivity index (χ1n) is 7.32. The fourth-order valence-electron chi connectivity index (χ4n) is 2.77. The lowest BCUT2D eigenvalue weighted by Gasteiger charge is -2.37. The second-order valence-electron chi connectivity index (χ2n) is 6.63. The Morgan fingerprint density at radius 1 is 1.20 bits per heavy atom. The average Bonchev–Trinajstić information content (AvgIpc) is 2.68. The van der Waals surface area contributed by atoms with Gasteiger partial charge in [-0.1, -0.05) is 0 Å². The summed E-state index contributed by atoms with van der Waals surface area (Å²) in [6.07, 6.45) is 2.08. The number of hydrogen-bond donors (Lipinski definition) is 1. The third-order valence-electron chi connectivity index (χ3n) is 3.84. The number of nitrogens with two attached hydrogens (primary N) is 1. The number of amides is 2. The molecule has 20 heavy (non-hydrogen) atoms. The van der Waals surface area contributed by atoms with Gasteiger partial charge in [-0.15, -0.1) is 0 Å². The monoisotopic (exact) mass is 283 g/mol. The van der Waals surface area contributed by atoms with E-state index in [0.29, 0.717) is 13.1 Å². The molecule has 0 saturated carbocycles. The van der Waals surface area contributed by atoms with E-state index in [9.17, 15) is 9.59 Å². The number of nitrogens with zero attached hydrogens (tertiary/aromatic N) is 2. The zero-order valence-corrected chi connectivity index (χ0v) is 12.6. The van der Waals surface area contributed by atoms with Crippen LogP contribution in [-0.4, -0.2) is 59.1 Å². The predicted octanol–water partition coefficient (Wildman–Crippen LogP) is 0.945. The van der Waals surface area contributed by atoms with Crippen molar-refractivity contribution in [2.45, 2.75) is 57.7 Å². The van der Waals surface area contributed by atoms with Crippen LogP contribution in [0.5, 0.6) is 0 Å². The summed E-state index contributed by atoms with van der Waals surface area (Å²) in [6.45, 7) is 7.61. The third-order valence-corrected chi connectivity index (χ3v) is 3.84. The maximum Gasteiger partial charge on any atom is 0.410 e. The lowest BCUT2D eigenvalue weighted by molar-refractivity contribution is -0.131. The van der Waals surface area contributed by atoms with Gasteiger partial charge in [-0.25, -0.2) is 4.79 Å². The number of carbonyl (C=O) groups excluding carboxylic acids is 2. The van der Waals surface area contributed by atoms with E-state index in [2.05, 4.69) is 0 Å². The Hall–Kier alpha value is -1.30. The highest BCUT2D eigenvalue weighted by Gasteiger charge is 2.36. The molecule has 114 valence electrons. The second kappa shape index (κ2) is 5.60. The van der Waals surface area contributed by atoms with Crippen LogP contribution in [0.4, 0.5) is 4.79 Å². The Balaban J connectivity index is 1.84. The van der Waals surface area contributed by atoms with E-state index in [1.54, 1.807) is 4.90 Å². The Bertz CT molecular complexity index is 384. The summed E-state index contributed by atoms with van der Waals surface area (Å²) in [7, 11) is 0. The summed E-state index contributed by atoms with van der Waals surface area (Å²) in [4.78, 5) is 27.5. The highest BCUT2D eigenvalue weighted by molar-refractivity contribution is 5.84. The molecule has 6 heteroatoms. The lowest BCUT2D eigenvalue weighted by atomic mass is 10.0. The molecule has 2 heterocycles. The van der Waals surface area contributed by atoms with Crippen molar-refractivity contribution < 1.29 is 14.3 Å². The SMILES string of the molecule is CC(C)(C)OC(=O)N1CCC(N2CC[C@H](N)C2=O)CC1. The minimum atomic E-state index is -0.467. The van der Waals surface area contributed by atoms with Crippen molar-refractivity contribution in [1.82, 2.24) is 9.80 Å². The number of likely N-dealkylation sites (tertiary alicyclic amines) is 2. The molecular weight excluding hydrogens is 258 g/mol. The molecule has 2 rings (SSSR count). The number of piperidine rings is 1. The van der Waals surface area contributed by atoms with Crippen LogP contribution in [0, 0.1) is 0 Å². The normalized spacial score (nSPS) is 25.2. The molecule has 0 radical (unpaired) electrons. The maximum atomic E-state index is 12.0. The van der Waals surface area contributed by atoms with Gasteiger partial charge in [0.1, 0.15) is 5.60 Å². The van der Waals surface area contributed by atoms with Gasteiger partial charge in [0, 0.05) is 25.7 Å². The van der Waals surface area contributed by atoms with Crippen LogP contribution in [-0.2, 0) is 9.53 Å². The van der Waals surface area contributed by atoms with E-state index < -0.39 is 5.60 Å². The zero-order valence-electron chi connectivity index (χ0n) is 12.6. The molecule has 6 nitrogen and oxygen atoms in total. The van der Waals surface area contributed by atoms with E-state index in [4.69, 9.17) is 10.5 Å². The van der Waals surface area contributed by atoms with E-state index in [1.807, 2.05) is 25.7 Å². The fraction of sp³-hybridized carbons (Fsp3) is 0.857. The first-order valence-corrected chi connectivity index (χ1v) is 7.32. The van der Waals surface area contributed by atoms with Gasteiger partial charge in [-0.05, 0) is 40.0 Å². The second-order valence-corrected chi connectivity index (χ2v) is 6.63. The highest BCUT2D eigenvalue weighted by Crippen LogP contribution is 2.22. The average molecular weight is 283 g/mol. The molecule has 0 bridgehead atoms. The summed E-state index contributed by atoms with van der Waals surface area (Å²) in [5, 5.41) is 0. The molecule has 2 saturated heterocycles. The summed E-state index contributed by atoms with van der Waals surface area (Å²) in [5.41, 5.74) is 5.28. The van der Waals surface area contributed by atoms with Crippen molar-refractivity contribution in [2.24, 2.45) is 5.73 Å². The molecule has 0 spiro atoms. The third kappa shape index (κ3) is 3.42. The Morgan fingerprint density at radius 3 is 2.25 bits per heavy atom. The van der Waals surface area contributed by atoms with Gasteiger partial charge in [0.15, 0.2) is 0 Å². The first-order chi connectivity index (χ1) is 9.28. The summed E-state index contributed by atoms with van der Waals surface area (Å²) in [6, 6.07) is -0.117. The molecule has 0 aromatic rings. The summed E-state index contributed by atoms with van der Waals surface area (Å²) >= 11 is 0. The van der Waals surface area contributed by atoms with Crippen LogP contribution < -0.4 is 5.73 Å². The molecule has 0 aromatic heterocycles.